The summed E-state index contributed by atoms with van der Waals surface area (Å²) in [4.78, 5) is 4.32. The van der Waals surface area contributed by atoms with Gasteiger partial charge in [-0.1, -0.05) is 6.92 Å². The molecule has 1 aliphatic carbocycles. The van der Waals surface area contributed by atoms with Crippen LogP contribution in [0.5, 0.6) is 0 Å². The number of nitrogens with two attached hydrogens (primary N) is 1. The molecule has 2 atom stereocenters. The van der Waals surface area contributed by atoms with Gasteiger partial charge in [0, 0.05) is 6.04 Å². The molecule has 1 heterocycles. The minimum atomic E-state index is 0.457. The maximum Gasteiger partial charge on any atom is 0.201 e. The van der Waals surface area contributed by atoms with Crippen molar-refractivity contribution in [2.24, 2.45) is 5.92 Å². The quantitative estimate of drug-likeness (QED) is 0.786. The van der Waals surface area contributed by atoms with E-state index in [1.54, 1.807) is 6.07 Å². The van der Waals surface area contributed by atoms with Crippen molar-refractivity contribution in [2.45, 2.75) is 19.4 Å². The van der Waals surface area contributed by atoms with E-state index < -0.39 is 0 Å². The highest BCUT2D eigenvalue weighted by atomic mass is 15.2. The van der Waals surface area contributed by atoms with Gasteiger partial charge in [0.2, 0.25) is 5.95 Å². The third-order valence-electron chi connectivity index (χ3n) is 3.24. The first-order valence-electron chi connectivity index (χ1n) is 5.38. The van der Waals surface area contributed by atoms with Crippen LogP contribution in [0.3, 0.4) is 0 Å². The number of anilines is 1. The van der Waals surface area contributed by atoms with Gasteiger partial charge in [-0.05, 0) is 30.5 Å². The second-order valence-corrected chi connectivity index (χ2v) is 4.44. The average molecular weight is 212 g/mol. The number of hydrogen-bond acceptors (Lipinski definition) is 3. The number of imidazole rings is 1. The molecule has 0 saturated heterocycles. The zero-order valence-corrected chi connectivity index (χ0v) is 9.01. The predicted molar refractivity (Wildman–Crippen MR) is 61.7 cm³/mol. The fourth-order valence-corrected chi connectivity index (χ4v) is 2.19. The smallest absolute Gasteiger partial charge is 0.201 e. The first-order chi connectivity index (χ1) is 7.70. The lowest BCUT2D eigenvalue weighted by Gasteiger charge is -2.04. The molecule has 0 radical (unpaired) electrons. The van der Waals surface area contributed by atoms with E-state index in [1.807, 2.05) is 12.1 Å². The molecule has 3 rings (SSSR count). The maximum absolute atomic E-state index is 8.89. The fourth-order valence-electron chi connectivity index (χ4n) is 2.19. The number of nitriles is 1. The zero-order chi connectivity index (χ0) is 11.3. The van der Waals surface area contributed by atoms with Gasteiger partial charge in [0.05, 0.1) is 22.7 Å². The normalized spacial score (nSPS) is 23.2. The van der Waals surface area contributed by atoms with Crippen LogP contribution in [-0.4, -0.2) is 9.55 Å². The van der Waals surface area contributed by atoms with Crippen LogP contribution in [0.1, 0.15) is 24.9 Å². The van der Waals surface area contributed by atoms with Gasteiger partial charge in [-0.25, -0.2) is 4.98 Å². The van der Waals surface area contributed by atoms with Crippen LogP contribution >= 0.6 is 0 Å². The monoisotopic (exact) mass is 212 g/mol. The van der Waals surface area contributed by atoms with Crippen molar-refractivity contribution in [3.8, 4) is 6.07 Å². The summed E-state index contributed by atoms with van der Waals surface area (Å²) in [6.07, 6.45) is 1.15. The summed E-state index contributed by atoms with van der Waals surface area (Å²) in [6, 6.07) is 8.09. The molecule has 2 unspecified atom stereocenters. The van der Waals surface area contributed by atoms with Crippen LogP contribution in [-0.2, 0) is 0 Å². The molecular weight excluding hydrogens is 200 g/mol. The summed E-state index contributed by atoms with van der Waals surface area (Å²) in [5.41, 5.74) is 8.42. The number of hydrogen-bond donors (Lipinski definition) is 1. The number of nitrogen functional groups attached to an aromatic ring is 1. The van der Waals surface area contributed by atoms with Crippen molar-refractivity contribution in [3.63, 3.8) is 0 Å². The van der Waals surface area contributed by atoms with E-state index in [9.17, 15) is 0 Å². The van der Waals surface area contributed by atoms with Crippen LogP contribution in [0.4, 0.5) is 5.95 Å². The van der Waals surface area contributed by atoms with Gasteiger partial charge in [0.25, 0.3) is 0 Å². The highest BCUT2D eigenvalue weighted by molar-refractivity contribution is 5.80. The van der Waals surface area contributed by atoms with Gasteiger partial charge in [0.15, 0.2) is 0 Å². The minimum absolute atomic E-state index is 0.457. The molecule has 0 bridgehead atoms. The predicted octanol–water partition coefficient (Wildman–Crippen LogP) is 2.07. The van der Waals surface area contributed by atoms with Crippen molar-refractivity contribution in [1.82, 2.24) is 9.55 Å². The Hall–Kier alpha value is -2.02. The Morgan fingerprint density at radius 3 is 2.94 bits per heavy atom. The Kier molecular flexibility index (Phi) is 1.72. The Bertz CT molecular complexity index is 605. The van der Waals surface area contributed by atoms with Gasteiger partial charge in [0.1, 0.15) is 0 Å². The van der Waals surface area contributed by atoms with E-state index in [4.69, 9.17) is 11.0 Å². The zero-order valence-electron chi connectivity index (χ0n) is 9.01. The molecule has 1 aromatic carbocycles. The van der Waals surface area contributed by atoms with Gasteiger partial charge < -0.3 is 10.3 Å². The Labute approximate surface area is 93.3 Å². The van der Waals surface area contributed by atoms with Crippen LogP contribution in [0.2, 0.25) is 0 Å². The third kappa shape index (κ3) is 1.18. The van der Waals surface area contributed by atoms with Crippen LogP contribution in [0.25, 0.3) is 11.0 Å². The number of aromatic nitrogens is 2. The second kappa shape index (κ2) is 2.99. The fraction of sp³-hybridized carbons (Fsp3) is 0.333. The first kappa shape index (κ1) is 9.22. The van der Waals surface area contributed by atoms with Crippen LogP contribution in [0, 0.1) is 17.2 Å². The van der Waals surface area contributed by atoms with Crippen molar-refractivity contribution in [2.75, 3.05) is 5.73 Å². The van der Waals surface area contributed by atoms with Gasteiger partial charge in [-0.3, -0.25) is 0 Å². The lowest BCUT2D eigenvalue weighted by molar-refractivity contribution is 0.715. The van der Waals surface area contributed by atoms with Gasteiger partial charge in [-0.15, -0.1) is 0 Å². The molecule has 0 amide bonds. The van der Waals surface area contributed by atoms with E-state index in [-0.39, 0.29) is 0 Å². The maximum atomic E-state index is 8.89. The molecule has 4 nitrogen and oxygen atoms in total. The molecule has 1 aromatic heterocycles. The van der Waals surface area contributed by atoms with Gasteiger partial charge in [-0.2, -0.15) is 5.26 Å². The van der Waals surface area contributed by atoms with Crippen LogP contribution < -0.4 is 5.73 Å². The summed E-state index contributed by atoms with van der Waals surface area (Å²) in [5, 5.41) is 8.89. The first-order valence-corrected chi connectivity index (χ1v) is 5.38. The van der Waals surface area contributed by atoms with Crippen molar-refractivity contribution in [1.29, 1.82) is 5.26 Å². The molecular formula is C12H12N4. The molecule has 2 N–H and O–H groups in total. The molecule has 80 valence electrons. The molecule has 0 aliphatic heterocycles. The topological polar surface area (TPSA) is 67.6 Å². The van der Waals surface area contributed by atoms with Crippen LogP contribution in [0.15, 0.2) is 18.2 Å². The number of nitrogens with zero attached hydrogens (tertiary/aromatic N) is 3. The molecule has 0 spiro atoms. The molecule has 2 aromatic rings. The molecule has 16 heavy (non-hydrogen) atoms. The molecule has 4 heteroatoms. The molecule has 1 aliphatic rings. The van der Waals surface area contributed by atoms with E-state index in [0.717, 1.165) is 17.5 Å². The summed E-state index contributed by atoms with van der Waals surface area (Å²) in [5.74, 6) is 1.21. The van der Waals surface area contributed by atoms with Crippen molar-refractivity contribution in [3.05, 3.63) is 23.8 Å². The summed E-state index contributed by atoms with van der Waals surface area (Å²) in [6.45, 7) is 2.20. The number of benzene rings is 1. The SMILES string of the molecule is CC1CC1n1c(N)nc2ccc(C#N)cc21. The number of rotatable bonds is 1. The standard InChI is InChI=1S/C12H12N4/c1-7-4-10(7)16-11-5-8(6-13)2-3-9(11)15-12(16)14/h2-3,5,7,10H,4H2,1H3,(H2,14,15). The van der Waals surface area contributed by atoms with Crippen molar-refractivity contribution < 1.29 is 0 Å². The third-order valence-corrected chi connectivity index (χ3v) is 3.24. The summed E-state index contributed by atoms with van der Waals surface area (Å²) in [7, 11) is 0. The average Bonchev–Trinajstić information content (AvgIpc) is 2.89. The molecule has 1 saturated carbocycles. The lowest BCUT2D eigenvalue weighted by Crippen LogP contribution is -2.01. The Morgan fingerprint density at radius 2 is 2.31 bits per heavy atom. The van der Waals surface area contributed by atoms with E-state index in [1.165, 1.54) is 0 Å². The van der Waals surface area contributed by atoms with E-state index in [2.05, 4.69) is 22.5 Å². The minimum Gasteiger partial charge on any atom is -0.369 e. The van der Waals surface area contributed by atoms with Crippen molar-refractivity contribution >= 4 is 17.0 Å². The van der Waals surface area contributed by atoms with E-state index >= 15 is 0 Å². The van der Waals surface area contributed by atoms with Gasteiger partial charge >= 0.3 is 0 Å². The number of fused-ring (bicyclic) bond motifs is 1. The summed E-state index contributed by atoms with van der Waals surface area (Å²) < 4.78 is 2.06. The second-order valence-electron chi connectivity index (χ2n) is 4.44. The highest BCUT2D eigenvalue weighted by Gasteiger charge is 2.36. The summed E-state index contributed by atoms with van der Waals surface area (Å²) >= 11 is 0. The largest absolute Gasteiger partial charge is 0.369 e. The Morgan fingerprint density at radius 1 is 1.56 bits per heavy atom. The lowest BCUT2D eigenvalue weighted by atomic mass is 10.2. The Balaban J connectivity index is 2.26. The highest BCUT2D eigenvalue weighted by Crippen LogP contribution is 2.45. The molecule has 1 fully saturated rings. The van der Waals surface area contributed by atoms with E-state index in [0.29, 0.717) is 23.5 Å².